The molecule has 1 aliphatic heterocycles. The lowest BCUT2D eigenvalue weighted by molar-refractivity contribution is 0.200. The summed E-state index contributed by atoms with van der Waals surface area (Å²) in [5.74, 6) is 0.721. The number of halogens is 1. The summed E-state index contributed by atoms with van der Waals surface area (Å²) in [5.41, 5.74) is 6.54. The Bertz CT molecular complexity index is 428. The number of nitrogens with two attached hydrogens (primary N) is 1. The molecule has 0 aliphatic carbocycles. The number of fused-ring (bicyclic) bond motifs is 1. The van der Waals surface area contributed by atoms with Crippen LogP contribution in [0.1, 0.15) is 19.4 Å². The molecular formula is C10H10ClNOS. The summed E-state index contributed by atoms with van der Waals surface area (Å²) >= 11 is 11.4. The molecule has 2 rings (SSSR count). The van der Waals surface area contributed by atoms with E-state index in [1.54, 1.807) is 12.1 Å². The Hall–Kier alpha value is -0.800. The van der Waals surface area contributed by atoms with Gasteiger partial charge in [-0.1, -0.05) is 23.8 Å². The Balaban J connectivity index is 2.67. The van der Waals surface area contributed by atoms with Crippen molar-refractivity contribution in [1.82, 2.24) is 0 Å². The number of thiocarbonyl (C=S) groups is 1. The lowest BCUT2D eigenvalue weighted by Gasteiger charge is -2.17. The van der Waals surface area contributed by atoms with E-state index in [9.17, 15) is 0 Å². The number of hydrogen-bond donors (Lipinski definition) is 1. The topological polar surface area (TPSA) is 35.2 Å². The third kappa shape index (κ3) is 1.20. The van der Waals surface area contributed by atoms with Crippen LogP contribution in [0, 0.1) is 0 Å². The standard InChI is InChI=1S/C10H10ClNOS/c1-10(2)9(14)7-6(13-10)4-3-5(12)8(7)11/h3-4H,12H2,1-2H3. The predicted molar refractivity (Wildman–Crippen MR) is 62.3 cm³/mol. The molecule has 4 heteroatoms. The Morgan fingerprint density at radius 3 is 2.71 bits per heavy atom. The summed E-state index contributed by atoms with van der Waals surface area (Å²) in [4.78, 5) is 0.713. The van der Waals surface area contributed by atoms with Gasteiger partial charge in [0.1, 0.15) is 11.4 Å². The molecule has 1 aromatic carbocycles. The van der Waals surface area contributed by atoms with Crippen molar-refractivity contribution in [1.29, 1.82) is 0 Å². The minimum Gasteiger partial charge on any atom is -0.482 e. The van der Waals surface area contributed by atoms with Gasteiger partial charge in [0.25, 0.3) is 0 Å². The van der Waals surface area contributed by atoms with E-state index in [0.29, 0.717) is 15.6 Å². The predicted octanol–water partition coefficient (Wildman–Crippen LogP) is 2.81. The number of ether oxygens (including phenoxy) is 1. The summed E-state index contributed by atoms with van der Waals surface area (Å²) in [6, 6.07) is 3.53. The van der Waals surface area contributed by atoms with Crippen molar-refractivity contribution in [2.24, 2.45) is 0 Å². The molecule has 0 spiro atoms. The van der Waals surface area contributed by atoms with E-state index in [-0.39, 0.29) is 0 Å². The summed E-state index contributed by atoms with van der Waals surface area (Å²) in [6.45, 7) is 3.84. The molecule has 14 heavy (non-hydrogen) atoms. The third-order valence-electron chi connectivity index (χ3n) is 2.27. The quantitative estimate of drug-likeness (QED) is 0.547. The molecule has 0 unspecified atom stereocenters. The molecule has 0 saturated heterocycles. The summed E-state index contributed by atoms with van der Waals surface area (Å²) in [6.07, 6.45) is 0. The smallest absolute Gasteiger partial charge is 0.139 e. The average Bonchev–Trinajstić information content (AvgIpc) is 2.32. The molecule has 0 amide bonds. The zero-order valence-corrected chi connectivity index (χ0v) is 9.50. The van der Waals surface area contributed by atoms with Gasteiger partial charge in [-0.25, -0.2) is 0 Å². The molecular weight excluding hydrogens is 218 g/mol. The van der Waals surface area contributed by atoms with Crippen LogP contribution in [0.2, 0.25) is 5.02 Å². The molecule has 0 fully saturated rings. The van der Waals surface area contributed by atoms with E-state index in [1.165, 1.54) is 0 Å². The van der Waals surface area contributed by atoms with Crippen LogP contribution in [0.5, 0.6) is 5.75 Å². The van der Waals surface area contributed by atoms with E-state index < -0.39 is 5.60 Å². The van der Waals surface area contributed by atoms with Crippen LogP contribution in [0.15, 0.2) is 12.1 Å². The number of rotatable bonds is 0. The fourth-order valence-electron chi connectivity index (χ4n) is 1.49. The first-order valence-corrected chi connectivity index (χ1v) is 5.04. The normalized spacial score (nSPS) is 17.8. The fraction of sp³-hybridized carbons (Fsp3) is 0.300. The molecule has 0 saturated carbocycles. The van der Waals surface area contributed by atoms with Gasteiger partial charge in [0.2, 0.25) is 0 Å². The van der Waals surface area contributed by atoms with Crippen molar-refractivity contribution in [2.75, 3.05) is 5.73 Å². The molecule has 1 heterocycles. The summed E-state index contributed by atoms with van der Waals surface area (Å²) in [7, 11) is 0. The Morgan fingerprint density at radius 1 is 1.43 bits per heavy atom. The maximum absolute atomic E-state index is 6.07. The van der Waals surface area contributed by atoms with Crippen molar-refractivity contribution < 1.29 is 4.74 Å². The van der Waals surface area contributed by atoms with E-state index in [1.807, 2.05) is 13.8 Å². The second-order valence-corrected chi connectivity index (χ2v) is 4.57. The highest BCUT2D eigenvalue weighted by atomic mass is 35.5. The molecule has 2 nitrogen and oxygen atoms in total. The van der Waals surface area contributed by atoms with Crippen molar-refractivity contribution in [3.63, 3.8) is 0 Å². The first kappa shape index (κ1) is 9.74. The van der Waals surface area contributed by atoms with Crippen molar-refractivity contribution in [3.05, 3.63) is 22.7 Å². The number of nitrogen functional groups attached to an aromatic ring is 1. The third-order valence-corrected chi connectivity index (χ3v) is 3.38. The van der Waals surface area contributed by atoms with E-state index in [0.717, 1.165) is 11.3 Å². The van der Waals surface area contributed by atoms with Gasteiger partial charge >= 0.3 is 0 Å². The zero-order chi connectivity index (χ0) is 10.5. The van der Waals surface area contributed by atoms with Gasteiger partial charge in [-0.15, -0.1) is 0 Å². The van der Waals surface area contributed by atoms with Gasteiger partial charge in [-0.3, -0.25) is 0 Å². The average molecular weight is 228 g/mol. The highest BCUT2D eigenvalue weighted by Gasteiger charge is 2.37. The second-order valence-electron chi connectivity index (χ2n) is 3.78. The molecule has 0 radical (unpaired) electrons. The van der Waals surface area contributed by atoms with Crippen molar-refractivity contribution in [2.45, 2.75) is 19.4 Å². The Morgan fingerprint density at radius 2 is 2.07 bits per heavy atom. The number of anilines is 1. The lowest BCUT2D eigenvalue weighted by Crippen LogP contribution is -2.31. The van der Waals surface area contributed by atoms with Gasteiger partial charge in [0.15, 0.2) is 0 Å². The van der Waals surface area contributed by atoms with E-state index in [4.69, 9.17) is 34.3 Å². The summed E-state index contributed by atoms with van der Waals surface area (Å²) < 4.78 is 5.66. The molecule has 1 aromatic rings. The monoisotopic (exact) mass is 227 g/mol. The van der Waals surface area contributed by atoms with Gasteiger partial charge < -0.3 is 10.5 Å². The van der Waals surface area contributed by atoms with E-state index >= 15 is 0 Å². The molecule has 0 atom stereocenters. The van der Waals surface area contributed by atoms with Gasteiger partial charge in [0.05, 0.1) is 21.1 Å². The lowest BCUT2D eigenvalue weighted by atomic mass is 10.0. The van der Waals surface area contributed by atoms with Crippen LogP contribution in [-0.4, -0.2) is 10.5 Å². The molecule has 1 aliphatic rings. The first-order chi connectivity index (χ1) is 6.43. The molecule has 0 aromatic heterocycles. The number of hydrogen-bond acceptors (Lipinski definition) is 3. The van der Waals surface area contributed by atoms with Crippen LogP contribution in [-0.2, 0) is 0 Å². The first-order valence-electron chi connectivity index (χ1n) is 4.25. The maximum Gasteiger partial charge on any atom is 0.139 e. The van der Waals surface area contributed by atoms with Gasteiger partial charge in [-0.05, 0) is 26.0 Å². The van der Waals surface area contributed by atoms with Crippen LogP contribution in [0.25, 0.3) is 0 Å². The van der Waals surface area contributed by atoms with Crippen LogP contribution < -0.4 is 10.5 Å². The molecule has 74 valence electrons. The zero-order valence-electron chi connectivity index (χ0n) is 7.93. The Kier molecular flexibility index (Phi) is 1.98. The largest absolute Gasteiger partial charge is 0.482 e. The van der Waals surface area contributed by atoms with Crippen LogP contribution in [0.4, 0.5) is 5.69 Å². The minimum absolute atomic E-state index is 0.463. The van der Waals surface area contributed by atoms with Gasteiger partial charge in [0, 0.05) is 0 Å². The fourth-order valence-corrected chi connectivity index (χ4v) is 2.04. The minimum atomic E-state index is -0.463. The number of benzene rings is 1. The van der Waals surface area contributed by atoms with Crippen molar-refractivity contribution in [3.8, 4) is 5.75 Å². The molecule has 0 bridgehead atoms. The highest BCUT2D eigenvalue weighted by molar-refractivity contribution is 7.81. The van der Waals surface area contributed by atoms with Gasteiger partial charge in [-0.2, -0.15) is 0 Å². The maximum atomic E-state index is 6.07. The SMILES string of the molecule is CC1(C)Oc2ccc(N)c(Cl)c2C1=S. The van der Waals surface area contributed by atoms with E-state index in [2.05, 4.69) is 0 Å². The van der Waals surface area contributed by atoms with Crippen LogP contribution in [0.3, 0.4) is 0 Å². The van der Waals surface area contributed by atoms with Crippen LogP contribution >= 0.6 is 23.8 Å². The van der Waals surface area contributed by atoms with Crippen molar-refractivity contribution >= 4 is 34.4 Å². The second kappa shape index (κ2) is 2.84. The highest BCUT2D eigenvalue weighted by Crippen LogP contribution is 2.41. The Labute approximate surface area is 93.0 Å². The molecule has 2 N–H and O–H groups in total. The summed E-state index contributed by atoms with van der Waals surface area (Å²) in [5, 5.41) is 0.498.